The van der Waals surface area contributed by atoms with Gasteiger partial charge in [0.05, 0.1) is 0 Å². The summed E-state index contributed by atoms with van der Waals surface area (Å²) in [6.07, 6.45) is 15.1. The highest BCUT2D eigenvalue weighted by molar-refractivity contribution is 4.79. The van der Waals surface area contributed by atoms with E-state index >= 15 is 0 Å². The molecule has 0 spiro atoms. The van der Waals surface area contributed by atoms with E-state index in [1.165, 1.54) is 70.6 Å². The van der Waals surface area contributed by atoms with Crippen LogP contribution in [0.5, 0.6) is 0 Å². The molecule has 0 aromatic carbocycles. The van der Waals surface area contributed by atoms with Gasteiger partial charge >= 0.3 is 0 Å². The molecule has 2 nitrogen and oxygen atoms in total. The summed E-state index contributed by atoms with van der Waals surface area (Å²) >= 11 is 0. The van der Waals surface area contributed by atoms with Crippen molar-refractivity contribution in [1.82, 2.24) is 10.4 Å². The van der Waals surface area contributed by atoms with E-state index in [1.54, 1.807) is 0 Å². The van der Waals surface area contributed by atoms with E-state index in [2.05, 4.69) is 45.2 Å². The Morgan fingerprint density at radius 3 is 2.36 bits per heavy atom. The van der Waals surface area contributed by atoms with Gasteiger partial charge in [-0.25, -0.2) is 5.01 Å². The predicted octanol–water partition coefficient (Wildman–Crippen LogP) is 5.78. The Hall–Kier alpha value is -0.0800. The fourth-order valence-electron chi connectivity index (χ4n) is 4.08. The average molecular weight is 311 g/mol. The number of unbranched alkanes of at least 4 members (excludes halogenated alkanes) is 2. The molecule has 1 aliphatic rings. The van der Waals surface area contributed by atoms with Gasteiger partial charge in [-0.05, 0) is 43.9 Å². The minimum Gasteiger partial charge on any atom is -0.252 e. The number of hydrazine groups is 1. The van der Waals surface area contributed by atoms with Gasteiger partial charge in [-0.2, -0.15) is 0 Å². The Balaban J connectivity index is 2.43. The molecule has 0 aromatic heterocycles. The quantitative estimate of drug-likeness (QED) is 0.363. The fraction of sp³-hybridized carbons (Fsp3) is 1.00. The molecule has 1 aliphatic carbocycles. The molecule has 4 atom stereocenters. The summed E-state index contributed by atoms with van der Waals surface area (Å²) in [6.45, 7) is 9.41. The van der Waals surface area contributed by atoms with Crippen LogP contribution in [-0.4, -0.2) is 24.1 Å². The number of nitrogens with zero attached hydrogens (tertiary/aromatic N) is 1. The van der Waals surface area contributed by atoms with Crippen LogP contribution in [-0.2, 0) is 0 Å². The maximum atomic E-state index is 3.82. The van der Waals surface area contributed by atoms with E-state index in [1.807, 2.05) is 0 Å². The van der Waals surface area contributed by atoms with E-state index in [9.17, 15) is 0 Å². The van der Waals surface area contributed by atoms with Crippen molar-refractivity contribution >= 4 is 0 Å². The number of nitrogens with one attached hydrogen (secondary N) is 1. The molecule has 1 rings (SSSR count). The van der Waals surface area contributed by atoms with Crippen molar-refractivity contribution in [3.05, 3.63) is 0 Å². The first-order chi connectivity index (χ1) is 10.6. The molecule has 0 aromatic rings. The van der Waals surface area contributed by atoms with E-state index in [0.717, 1.165) is 17.9 Å². The van der Waals surface area contributed by atoms with Crippen molar-refractivity contribution < 1.29 is 0 Å². The SMILES string of the molecule is CCCCCC(CC)C[C@H](CCC)N(C)N[C@H]1CCC(C)C1. The third kappa shape index (κ3) is 7.46. The molecule has 1 N–H and O–H groups in total. The highest BCUT2D eigenvalue weighted by Crippen LogP contribution is 2.27. The van der Waals surface area contributed by atoms with Crippen molar-refractivity contribution in [1.29, 1.82) is 0 Å². The van der Waals surface area contributed by atoms with Crippen LogP contribution < -0.4 is 5.43 Å². The zero-order chi connectivity index (χ0) is 16.4. The van der Waals surface area contributed by atoms with Gasteiger partial charge in [0.15, 0.2) is 0 Å². The first kappa shape index (κ1) is 20.0. The lowest BCUT2D eigenvalue weighted by Gasteiger charge is -2.33. The van der Waals surface area contributed by atoms with Gasteiger partial charge in [0.1, 0.15) is 0 Å². The first-order valence-corrected chi connectivity index (χ1v) is 10.1. The summed E-state index contributed by atoms with van der Waals surface area (Å²) < 4.78 is 0. The van der Waals surface area contributed by atoms with Gasteiger partial charge < -0.3 is 0 Å². The lowest BCUT2D eigenvalue weighted by Crippen LogP contribution is -2.47. The lowest BCUT2D eigenvalue weighted by molar-refractivity contribution is 0.106. The van der Waals surface area contributed by atoms with Crippen LogP contribution >= 0.6 is 0 Å². The summed E-state index contributed by atoms with van der Waals surface area (Å²) in [5.74, 6) is 1.82. The third-order valence-electron chi connectivity index (χ3n) is 5.65. The molecule has 0 aliphatic heterocycles. The topological polar surface area (TPSA) is 15.3 Å². The molecular formula is C20H42N2. The molecule has 1 saturated carbocycles. The van der Waals surface area contributed by atoms with Crippen LogP contribution in [0.3, 0.4) is 0 Å². The summed E-state index contributed by atoms with van der Waals surface area (Å²) in [4.78, 5) is 0. The van der Waals surface area contributed by atoms with Gasteiger partial charge in [0, 0.05) is 19.1 Å². The molecule has 22 heavy (non-hydrogen) atoms. The second-order valence-corrected chi connectivity index (χ2v) is 7.80. The molecule has 0 bridgehead atoms. The summed E-state index contributed by atoms with van der Waals surface area (Å²) in [7, 11) is 2.29. The van der Waals surface area contributed by atoms with Crippen molar-refractivity contribution in [3.63, 3.8) is 0 Å². The number of hydrogen-bond donors (Lipinski definition) is 1. The molecule has 2 unspecified atom stereocenters. The Morgan fingerprint density at radius 1 is 1.05 bits per heavy atom. The lowest BCUT2D eigenvalue weighted by atomic mass is 9.90. The summed E-state index contributed by atoms with van der Waals surface area (Å²) in [6, 6.07) is 1.44. The minimum absolute atomic E-state index is 0.715. The van der Waals surface area contributed by atoms with Crippen LogP contribution in [0.25, 0.3) is 0 Å². The van der Waals surface area contributed by atoms with Crippen molar-refractivity contribution in [2.75, 3.05) is 7.05 Å². The Labute approximate surface area is 140 Å². The first-order valence-electron chi connectivity index (χ1n) is 10.1. The summed E-state index contributed by atoms with van der Waals surface area (Å²) in [5.41, 5.74) is 3.82. The maximum Gasteiger partial charge on any atom is 0.0243 e. The molecular weight excluding hydrogens is 268 g/mol. The van der Waals surface area contributed by atoms with Crippen LogP contribution in [0.1, 0.15) is 98.3 Å². The van der Waals surface area contributed by atoms with E-state index in [0.29, 0.717) is 6.04 Å². The fourth-order valence-corrected chi connectivity index (χ4v) is 4.08. The van der Waals surface area contributed by atoms with Gasteiger partial charge in [-0.3, -0.25) is 5.43 Å². The second-order valence-electron chi connectivity index (χ2n) is 7.80. The molecule has 2 heteroatoms. The molecule has 0 saturated heterocycles. The smallest absolute Gasteiger partial charge is 0.0243 e. The highest BCUT2D eigenvalue weighted by atomic mass is 15.5. The van der Waals surface area contributed by atoms with Gasteiger partial charge in [0.2, 0.25) is 0 Å². The highest BCUT2D eigenvalue weighted by Gasteiger charge is 2.25. The zero-order valence-corrected chi connectivity index (χ0v) is 16.0. The van der Waals surface area contributed by atoms with Crippen LogP contribution in [0, 0.1) is 11.8 Å². The van der Waals surface area contributed by atoms with E-state index in [-0.39, 0.29) is 0 Å². The monoisotopic (exact) mass is 310 g/mol. The van der Waals surface area contributed by atoms with Crippen molar-refractivity contribution in [3.8, 4) is 0 Å². The molecule has 0 heterocycles. The standard InChI is InChI=1S/C20H42N2/c1-6-9-10-12-18(8-3)16-20(11-7-2)22(5)21-19-14-13-17(4)15-19/h17-21H,6-16H2,1-5H3/t17?,18?,19-,20-/m0/s1. The maximum absolute atomic E-state index is 3.82. The Bertz CT molecular complexity index is 266. The third-order valence-corrected chi connectivity index (χ3v) is 5.65. The molecule has 0 amide bonds. The van der Waals surface area contributed by atoms with Gasteiger partial charge in [-0.1, -0.05) is 66.2 Å². The average Bonchev–Trinajstić information content (AvgIpc) is 2.90. The van der Waals surface area contributed by atoms with Crippen molar-refractivity contribution in [2.24, 2.45) is 11.8 Å². The minimum atomic E-state index is 0.715. The molecule has 0 radical (unpaired) electrons. The molecule has 1 fully saturated rings. The zero-order valence-electron chi connectivity index (χ0n) is 16.0. The Morgan fingerprint density at radius 2 is 1.82 bits per heavy atom. The van der Waals surface area contributed by atoms with Crippen molar-refractivity contribution in [2.45, 2.75) is 110 Å². The number of rotatable bonds is 12. The second kappa shape index (κ2) is 11.5. The molecule has 132 valence electrons. The largest absolute Gasteiger partial charge is 0.252 e. The van der Waals surface area contributed by atoms with E-state index < -0.39 is 0 Å². The van der Waals surface area contributed by atoms with Gasteiger partial charge in [-0.15, -0.1) is 0 Å². The Kier molecular flexibility index (Phi) is 10.4. The predicted molar refractivity (Wildman–Crippen MR) is 98.9 cm³/mol. The van der Waals surface area contributed by atoms with Crippen LogP contribution in [0.2, 0.25) is 0 Å². The number of hydrogen-bond acceptors (Lipinski definition) is 2. The van der Waals surface area contributed by atoms with Crippen LogP contribution in [0.15, 0.2) is 0 Å². The normalized spacial score (nSPS) is 24.8. The van der Waals surface area contributed by atoms with Gasteiger partial charge in [0.25, 0.3) is 0 Å². The summed E-state index contributed by atoms with van der Waals surface area (Å²) in [5, 5.41) is 2.48. The van der Waals surface area contributed by atoms with E-state index in [4.69, 9.17) is 0 Å². The van der Waals surface area contributed by atoms with Crippen LogP contribution in [0.4, 0.5) is 0 Å².